The zero-order chi connectivity index (χ0) is 24.1. The van der Waals surface area contributed by atoms with Gasteiger partial charge in [0, 0.05) is 48.8 Å². The molecule has 2 fully saturated rings. The van der Waals surface area contributed by atoms with Gasteiger partial charge in [-0.15, -0.1) is 0 Å². The highest BCUT2D eigenvalue weighted by Gasteiger charge is 2.75. The molecule has 5 nitrogen and oxygen atoms in total. The maximum absolute atomic E-state index is 7.02. The van der Waals surface area contributed by atoms with Gasteiger partial charge in [0.1, 0.15) is 11.6 Å². The van der Waals surface area contributed by atoms with Crippen LogP contribution in [0.5, 0.6) is 11.5 Å². The Kier molecular flexibility index (Phi) is 5.52. The number of ether oxygens (including phenoxy) is 3. The molecule has 1 saturated heterocycles. The van der Waals surface area contributed by atoms with E-state index >= 15 is 0 Å². The molecule has 0 radical (unpaired) electrons. The van der Waals surface area contributed by atoms with Gasteiger partial charge in [0.05, 0.1) is 31.3 Å². The van der Waals surface area contributed by atoms with Gasteiger partial charge in [0.2, 0.25) is 0 Å². The lowest BCUT2D eigenvalue weighted by molar-refractivity contribution is -0.945. The van der Waals surface area contributed by atoms with Crippen LogP contribution in [0.1, 0.15) is 67.0 Å². The maximum atomic E-state index is 7.02. The summed E-state index contributed by atoms with van der Waals surface area (Å²) in [6.45, 7) is 2.48. The number of rotatable bonds is 4. The quantitative estimate of drug-likeness (QED) is 0.502. The zero-order valence-corrected chi connectivity index (χ0v) is 23.5. The summed E-state index contributed by atoms with van der Waals surface area (Å²) >= 11 is 0. The van der Waals surface area contributed by atoms with E-state index in [0.717, 1.165) is 36.7 Å². The van der Waals surface area contributed by atoms with Crippen LogP contribution in [0.25, 0.3) is 10.9 Å². The second kappa shape index (κ2) is 8.49. The maximum Gasteiger partial charge on any atom is 0.166 e. The van der Waals surface area contributed by atoms with Crippen molar-refractivity contribution in [1.29, 1.82) is 0 Å². The van der Waals surface area contributed by atoms with Crippen LogP contribution >= 0.6 is 0 Å². The topological polar surface area (TPSA) is 47.9 Å². The minimum absolute atomic E-state index is 0. The van der Waals surface area contributed by atoms with E-state index in [2.05, 4.69) is 41.4 Å². The average Bonchev–Trinajstić information content (AvgIpc) is 3.46. The number of H-pyrrole nitrogens is 1. The van der Waals surface area contributed by atoms with Gasteiger partial charge in [-0.05, 0) is 36.1 Å². The smallest absolute Gasteiger partial charge is 0.166 e. The second-order valence-electron chi connectivity index (χ2n) is 12.1. The van der Waals surface area contributed by atoms with Gasteiger partial charge in [0.15, 0.2) is 17.6 Å². The van der Waals surface area contributed by atoms with E-state index in [1.54, 1.807) is 12.0 Å². The molecule has 196 valence electrons. The number of hydrogen-bond acceptors (Lipinski definition) is 3. The SMILES string of the molecule is COc1ccc2c3c1O[C@H]1c4[nH]c5ccccc5c4C[C@@]4(OC)[C@@H](C2)[NH+](CC2CCCCC2)CC[C@]314.[Br-]. The number of para-hydroxylation sites is 1. The molecule has 2 aliphatic heterocycles. The number of halogens is 1. The van der Waals surface area contributed by atoms with Crippen LogP contribution in [-0.2, 0) is 23.0 Å². The van der Waals surface area contributed by atoms with Crippen LogP contribution in [-0.4, -0.2) is 43.9 Å². The summed E-state index contributed by atoms with van der Waals surface area (Å²) in [5, 5.41) is 1.32. The first-order chi connectivity index (χ1) is 17.7. The zero-order valence-electron chi connectivity index (χ0n) is 21.9. The van der Waals surface area contributed by atoms with Crippen molar-refractivity contribution >= 4 is 10.9 Å². The van der Waals surface area contributed by atoms with Gasteiger partial charge in [-0.1, -0.05) is 43.5 Å². The predicted molar refractivity (Wildman–Crippen MR) is 139 cm³/mol. The van der Waals surface area contributed by atoms with Crippen LogP contribution in [0, 0.1) is 5.92 Å². The standard InChI is InChI=1S/C31H36N2O3.BrH/c1-34-24-13-12-20-16-25-31(35-2)17-22-21-10-6-7-11-23(21)32-27(22)29-30(31,26(20)28(24)36-29)14-15-33(25)18-19-8-4-3-5-9-19;/h6-7,10-13,19,25,29,32H,3-5,8-9,14-18H2,1-2H3;1H/t25-,29+,30+,31-;/m1./s1. The highest BCUT2D eigenvalue weighted by molar-refractivity contribution is 5.86. The minimum Gasteiger partial charge on any atom is -1.00 e. The van der Waals surface area contributed by atoms with E-state index in [9.17, 15) is 0 Å². The highest BCUT2D eigenvalue weighted by Crippen LogP contribution is 2.68. The third-order valence-electron chi connectivity index (χ3n) is 10.8. The van der Waals surface area contributed by atoms with Crippen LogP contribution in [0.4, 0.5) is 0 Å². The molecule has 2 N–H and O–H groups in total. The number of piperidine rings is 1. The fourth-order valence-electron chi connectivity index (χ4n) is 9.38. The lowest BCUT2D eigenvalue weighted by atomic mass is 9.48. The van der Waals surface area contributed by atoms with Crippen molar-refractivity contribution in [3.05, 3.63) is 58.8 Å². The molecule has 1 aromatic heterocycles. The van der Waals surface area contributed by atoms with E-state index in [1.165, 1.54) is 78.5 Å². The number of fused-ring (bicyclic) bond motifs is 4. The first-order valence-corrected chi connectivity index (χ1v) is 14.1. The number of quaternary nitrogens is 1. The largest absolute Gasteiger partial charge is 1.00 e. The lowest BCUT2D eigenvalue weighted by Crippen LogP contribution is -3.22. The molecule has 5 aliphatic rings. The summed E-state index contributed by atoms with van der Waals surface area (Å²) in [7, 11) is 3.75. The molecular weight excluding hydrogens is 528 g/mol. The molecule has 37 heavy (non-hydrogen) atoms. The molecule has 3 heterocycles. The lowest BCUT2D eigenvalue weighted by Gasteiger charge is -2.62. The number of hydrogen-bond donors (Lipinski definition) is 2. The molecule has 3 aromatic rings. The first-order valence-electron chi connectivity index (χ1n) is 14.1. The Balaban J connectivity index is 0.00000231. The summed E-state index contributed by atoms with van der Waals surface area (Å²) in [6.07, 6.45) is 10.0. The van der Waals surface area contributed by atoms with Crippen molar-refractivity contribution in [2.45, 2.75) is 74.5 Å². The van der Waals surface area contributed by atoms with Gasteiger partial charge in [-0.3, -0.25) is 0 Å². The van der Waals surface area contributed by atoms with Gasteiger partial charge in [-0.2, -0.15) is 0 Å². The normalized spacial score (nSPS) is 33.3. The molecule has 0 amide bonds. The molecule has 1 spiro atoms. The molecule has 2 bridgehead atoms. The molecule has 3 aliphatic carbocycles. The highest BCUT2D eigenvalue weighted by atomic mass is 79.9. The van der Waals surface area contributed by atoms with Crippen molar-refractivity contribution < 1.29 is 36.1 Å². The van der Waals surface area contributed by atoms with E-state index in [-0.39, 0.29) is 34.1 Å². The van der Waals surface area contributed by atoms with Gasteiger partial charge in [-0.25, -0.2) is 0 Å². The van der Waals surface area contributed by atoms with Gasteiger partial charge >= 0.3 is 0 Å². The van der Waals surface area contributed by atoms with Crippen molar-refractivity contribution in [2.75, 3.05) is 27.3 Å². The van der Waals surface area contributed by atoms with E-state index in [4.69, 9.17) is 14.2 Å². The number of likely N-dealkylation sites (tertiary alicyclic amines) is 1. The second-order valence-corrected chi connectivity index (χ2v) is 12.1. The Hall–Kier alpha value is -2.02. The van der Waals surface area contributed by atoms with Crippen molar-refractivity contribution in [1.82, 2.24) is 4.98 Å². The van der Waals surface area contributed by atoms with E-state index < -0.39 is 0 Å². The van der Waals surface area contributed by atoms with Gasteiger partial charge in [0.25, 0.3) is 0 Å². The summed E-state index contributed by atoms with van der Waals surface area (Å²) in [4.78, 5) is 5.58. The molecular formula is C31H37BrN2O3. The summed E-state index contributed by atoms with van der Waals surface area (Å²) in [5.74, 6) is 2.67. The summed E-state index contributed by atoms with van der Waals surface area (Å²) < 4.78 is 19.8. The Labute approximate surface area is 229 Å². The van der Waals surface area contributed by atoms with E-state index in [0.29, 0.717) is 6.04 Å². The van der Waals surface area contributed by atoms with Crippen LogP contribution in [0.3, 0.4) is 0 Å². The Morgan fingerprint density at radius 3 is 2.73 bits per heavy atom. The summed E-state index contributed by atoms with van der Waals surface area (Å²) in [6, 6.07) is 13.6. The fraction of sp³-hybridized carbons (Fsp3) is 0.548. The van der Waals surface area contributed by atoms with Crippen molar-refractivity contribution in [3.8, 4) is 11.5 Å². The number of methoxy groups -OCH3 is 2. The molecule has 1 unspecified atom stereocenters. The van der Waals surface area contributed by atoms with Crippen LogP contribution in [0.2, 0.25) is 0 Å². The van der Waals surface area contributed by atoms with Crippen molar-refractivity contribution in [2.24, 2.45) is 5.92 Å². The third-order valence-corrected chi connectivity index (χ3v) is 10.8. The predicted octanol–water partition coefficient (Wildman–Crippen LogP) is 1.29. The first kappa shape index (κ1) is 24.1. The molecule has 1 saturated carbocycles. The Morgan fingerprint density at radius 2 is 1.92 bits per heavy atom. The molecule has 5 atom stereocenters. The number of aromatic nitrogens is 1. The van der Waals surface area contributed by atoms with Crippen molar-refractivity contribution in [3.63, 3.8) is 0 Å². The van der Waals surface area contributed by atoms with E-state index in [1.807, 2.05) is 7.11 Å². The number of nitrogens with one attached hydrogen (secondary N) is 2. The number of benzene rings is 2. The monoisotopic (exact) mass is 564 g/mol. The molecule has 8 rings (SSSR count). The molecule has 2 aromatic carbocycles. The average molecular weight is 566 g/mol. The fourth-order valence-corrected chi connectivity index (χ4v) is 9.38. The number of aromatic amines is 1. The van der Waals surface area contributed by atoms with Crippen LogP contribution < -0.4 is 31.4 Å². The Bertz CT molecular complexity index is 1360. The summed E-state index contributed by atoms with van der Waals surface area (Å²) in [5.41, 5.74) is 6.21. The minimum atomic E-state index is -0.289. The Morgan fingerprint density at radius 1 is 1.08 bits per heavy atom. The molecule has 6 heteroatoms. The van der Waals surface area contributed by atoms with Gasteiger partial charge < -0.3 is 41.1 Å². The third kappa shape index (κ3) is 2.93. The van der Waals surface area contributed by atoms with Crippen LogP contribution in [0.15, 0.2) is 36.4 Å².